The highest BCUT2D eigenvalue weighted by atomic mass is 32.1. The first-order chi connectivity index (χ1) is 10.9. The molecule has 2 atom stereocenters. The van der Waals surface area contributed by atoms with E-state index in [1.54, 1.807) is 26.2 Å². The summed E-state index contributed by atoms with van der Waals surface area (Å²) in [6.45, 7) is 3.23. The molecule has 1 aliphatic rings. The van der Waals surface area contributed by atoms with E-state index < -0.39 is 23.8 Å². The van der Waals surface area contributed by atoms with Gasteiger partial charge in [-0.1, -0.05) is 0 Å². The second-order valence-electron chi connectivity index (χ2n) is 5.41. The van der Waals surface area contributed by atoms with Gasteiger partial charge in [-0.3, -0.25) is 14.8 Å². The first kappa shape index (κ1) is 15.4. The van der Waals surface area contributed by atoms with Gasteiger partial charge in [-0.2, -0.15) is 0 Å². The second kappa shape index (κ2) is 5.58. The molecule has 0 saturated carbocycles. The van der Waals surface area contributed by atoms with Gasteiger partial charge >= 0.3 is 11.9 Å². The minimum Gasteiger partial charge on any atom is -0.481 e. The van der Waals surface area contributed by atoms with Gasteiger partial charge in [-0.25, -0.2) is 4.79 Å². The molecule has 7 heteroatoms. The van der Waals surface area contributed by atoms with Crippen molar-refractivity contribution in [2.45, 2.75) is 19.8 Å². The Labute approximate surface area is 135 Å². The lowest BCUT2D eigenvalue weighted by atomic mass is 9.79. The summed E-state index contributed by atoms with van der Waals surface area (Å²) in [5, 5.41) is 20.0. The number of carboxylic acid groups (broad SMARTS) is 2. The van der Waals surface area contributed by atoms with Crippen molar-refractivity contribution < 1.29 is 19.8 Å². The summed E-state index contributed by atoms with van der Waals surface area (Å²) in [6.07, 6.45) is 3.34. The zero-order valence-corrected chi connectivity index (χ0v) is 13.3. The summed E-state index contributed by atoms with van der Waals surface area (Å²) in [4.78, 5) is 32.3. The summed E-state index contributed by atoms with van der Waals surface area (Å²) in [5.74, 6) is -3.94. The first-order valence-corrected chi connectivity index (χ1v) is 7.77. The third-order valence-electron chi connectivity index (χ3n) is 3.97. The monoisotopic (exact) mass is 330 g/mol. The Bertz CT molecular complexity index is 848. The van der Waals surface area contributed by atoms with Crippen LogP contribution in [0.15, 0.2) is 40.8 Å². The number of carboxylic acids is 2. The number of hydrogen-bond acceptors (Lipinski definition) is 5. The average molecular weight is 330 g/mol. The van der Waals surface area contributed by atoms with Crippen LogP contribution < -0.4 is 0 Å². The molecule has 2 unspecified atom stereocenters. The Morgan fingerprint density at radius 3 is 2.61 bits per heavy atom. The number of aliphatic carboxylic acids is 2. The largest absolute Gasteiger partial charge is 0.481 e. The summed E-state index contributed by atoms with van der Waals surface area (Å²) in [5.41, 5.74) is 0.816. The van der Waals surface area contributed by atoms with Crippen LogP contribution in [0.2, 0.25) is 0 Å². The third kappa shape index (κ3) is 2.53. The smallest absolute Gasteiger partial charge is 0.334 e. The van der Waals surface area contributed by atoms with E-state index in [2.05, 4.69) is 9.98 Å². The molecule has 0 radical (unpaired) electrons. The van der Waals surface area contributed by atoms with Crippen LogP contribution in [0.4, 0.5) is 0 Å². The highest BCUT2D eigenvalue weighted by Gasteiger charge is 2.41. The molecule has 1 aliphatic heterocycles. The maximum atomic E-state index is 11.7. The first-order valence-electron chi connectivity index (χ1n) is 6.95. The van der Waals surface area contributed by atoms with Gasteiger partial charge < -0.3 is 10.2 Å². The third-order valence-corrected chi connectivity index (χ3v) is 5.17. The molecule has 2 N–H and O–H groups in total. The molecular formula is C16H14N2O4S. The molecule has 2 aromatic heterocycles. The van der Waals surface area contributed by atoms with Crippen LogP contribution in [0.5, 0.6) is 0 Å². The minimum absolute atomic E-state index is 0.0440. The normalized spacial score (nSPS) is 21.4. The molecule has 0 bridgehead atoms. The van der Waals surface area contributed by atoms with E-state index in [0.717, 1.165) is 10.1 Å². The molecule has 0 amide bonds. The van der Waals surface area contributed by atoms with Crippen molar-refractivity contribution in [1.29, 1.82) is 0 Å². The Kier molecular flexibility index (Phi) is 3.73. The van der Waals surface area contributed by atoms with E-state index in [-0.39, 0.29) is 5.57 Å². The number of nitrogens with zero attached hydrogens (tertiary/aromatic N) is 2. The lowest BCUT2D eigenvalue weighted by Gasteiger charge is -2.28. The number of fused-ring (bicyclic) bond motifs is 1. The van der Waals surface area contributed by atoms with Gasteiger partial charge in [0.15, 0.2) is 0 Å². The highest BCUT2D eigenvalue weighted by Crippen LogP contribution is 2.43. The molecule has 0 aliphatic carbocycles. The Hall–Kier alpha value is -2.54. The SMILES string of the molecule is CC1=NC(C)=C(C(=O)O)C(c2cc3cnccc3s2)C1C(=O)O. The minimum atomic E-state index is -1.13. The average Bonchev–Trinajstić information content (AvgIpc) is 2.88. The summed E-state index contributed by atoms with van der Waals surface area (Å²) >= 11 is 1.39. The standard InChI is InChI=1S/C16H14N2O4S/c1-7-12(15(19)20)14(13(16(21)22)8(2)18-7)11-5-9-6-17-4-3-10(9)23-11/h3-6,12,14H,1-2H3,(H,19,20)(H,21,22). The van der Waals surface area contributed by atoms with Crippen LogP contribution in [-0.2, 0) is 9.59 Å². The molecule has 0 saturated heterocycles. The summed E-state index contributed by atoms with van der Waals surface area (Å²) < 4.78 is 0.946. The second-order valence-corrected chi connectivity index (χ2v) is 6.53. The predicted octanol–water partition coefficient (Wildman–Crippen LogP) is 2.91. The molecule has 0 aromatic carbocycles. The molecular weight excluding hydrogens is 316 g/mol. The Balaban J connectivity index is 2.24. The molecule has 0 fully saturated rings. The highest BCUT2D eigenvalue weighted by molar-refractivity contribution is 7.19. The fourth-order valence-electron chi connectivity index (χ4n) is 3.00. The predicted molar refractivity (Wildman–Crippen MR) is 86.9 cm³/mol. The van der Waals surface area contributed by atoms with Gasteiger partial charge in [-0.15, -0.1) is 11.3 Å². The molecule has 23 heavy (non-hydrogen) atoms. The number of aliphatic imine (C=N–C) groups is 1. The zero-order valence-electron chi connectivity index (χ0n) is 12.5. The number of hydrogen-bond donors (Lipinski definition) is 2. The van der Waals surface area contributed by atoms with Crippen LogP contribution in [0.1, 0.15) is 24.6 Å². The fraction of sp³-hybridized carbons (Fsp3) is 0.250. The van der Waals surface area contributed by atoms with Gasteiger partial charge in [0.05, 0.1) is 5.57 Å². The fourth-order valence-corrected chi connectivity index (χ4v) is 4.18. The Morgan fingerprint density at radius 2 is 2.00 bits per heavy atom. The van der Waals surface area contributed by atoms with Crippen molar-refractivity contribution in [3.8, 4) is 0 Å². The number of aromatic nitrogens is 1. The molecule has 0 spiro atoms. The van der Waals surface area contributed by atoms with E-state index in [0.29, 0.717) is 16.3 Å². The Morgan fingerprint density at radius 1 is 1.26 bits per heavy atom. The quantitative estimate of drug-likeness (QED) is 0.901. The molecule has 6 nitrogen and oxygen atoms in total. The van der Waals surface area contributed by atoms with Gasteiger partial charge in [-0.05, 0) is 26.0 Å². The van der Waals surface area contributed by atoms with Crippen molar-refractivity contribution in [3.05, 3.63) is 40.7 Å². The van der Waals surface area contributed by atoms with Crippen molar-refractivity contribution in [1.82, 2.24) is 4.98 Å². The van der Waals surface area contributed by atoms with E-state index in [1.165, 1.54) is 11.3 Å². The molecule has 3 rings (SSSR count). The van der Waals surface area contributed by atoms with E-state index >= 15 is 0 Å². The van der Waals surface area contributed by atoms with Crippen LogP contribution in [-0.4, -0.2) is 32.8 Å². The molecule has 3 heterocycles. The lowest BCUT2D eigenvalue weighted by Crippen LogP contribution is -2.34. The zero-order chi connectivity index (χ0) is 16.7. The van der Waals surface area contributed by atoms with Gasteiger partial charge in [0.1, 0.15) is 5.92 Å². The lowest BCUT2D eigenvalue weighted by molar-refractivity contribution is -0.140. The maximum absolute atomic E-state index is 11.7. The summed E-state index contributed by atoms with van der Waals surface area (Å²) in [7, 11) is 0. The topological polar surface area (TPSA) is 99.9 Å². The van der Waals surface area contributed by atoms with Gasteiger partial charge in [0.2, 0.25) is 0 Å². The summed E-state index contributed by atoms with van der Waals surface area (Å²) in [6, 6.07) is 3.66. The van der Waals surface area contributed by atoms with Crippen LogP contribution >= 0.6 is 11.3 Å². The van der Waals surface area contributed by atoms with Gasteiger partial charge in [0, 0.05) is 44.7 Å². The van der Waals surface area contributed by atoms with Crippen LogP contribution in [0, 0.1) is 5.92 Å². The van der Waals surface area contributed by atoms with E-state index in [4.69, 9.17) is 0 Å². The van der Waals surface area contributed by atoms with Crippen molar-refractivity contribution in [3.63, 3.8) is 0 Å². The van der Waals surface area contributed by atoms with Crippen LogP contribution in [0.3, 0.4) is 0 Å². The number of rotatable bonds is 3. The van der Waals surface area contributed by atoms with Crippen LogP contribution in [0.25, 0.3) is 10.1 Å². The molecule has 2 aromatic rings. The van der Waals surface area contributed by atoms with Gasteiger partial charge in [0.25, 0.3) is 0 Å². The number of pyridine rings is 1. The number of thiophene rings is 1. The van der Waals surface area contributed by atoms with Crippen molar-refractivity contribution in [2.75, 3.05) is 0 Å². The maximum Gasteiger partial charge on any atom is 0.334 e. The number of allylic oxidation sites excluding steroid dienone is 1. The number of carbonyl (C=O) groups is 2. The van der Waals surface area contributed by atoms with Crippen molar-refractivity contribution >= 4 is 39.1 Å². The van der Waals surface area contributed by atoms with E-state index in [1.807, 2.05) is 12.1 Å². The van der Waals surface area contributed by atoms with Crippen molar-refractivity contribution in [2.24, 2.45) is 10.9 Å². The molecule has 118 valence electrons. The van der Waals surface area contributed by atoms with E-state index in [9.17, 15) is 19.8 Å².